The molecule has 0 radical (unpaired) electrons. The van der Waals surface area contributed by atoms with Crippen LogP contribution in [0.4, 0.5) is 0 Å². The predicted molar refractivity (Wildman–Crippen MR) is 58.5 cm³/mol. The summed E-state index contributed by atoms with van der Waals surface area (Å²) in [5, 5.41) is 0. The van der Waals surface area contributed by atoms with E-state index in [4.69, 9.17) is 5.73 Å². The zero-order chi connectivity index (χ0) is 9.90. The Balaban J connectivity index is 2.54. The van der Waals surface area contributed by atoms with Crippen molar-refractivity contribution in [1.82, 2.24) is 0 Å². The Bertz CT molecular complexity index is 166. The summed E-state index contributed by atoms with van der Waals surface area (Å²) in [5.74, 6) is 0.724. The topological polar surface area (TPSA) is 26.0 Å². The lowest BCUT2D eigenvalue weighted by molar-refractivity contribution is 0.217. The van der Waals surface area contributed by atoms with Gasteiger partial charge in [-0.15, -0.1) is 6.58 Å². The van der Waals surface area contributed by atoms with Crippen molar-refractivity contribution in [3.8, 4) is 0 Å². The van der Waals surface area contributed by atoms with Crippen molar-refractivity contribution in [2.45, 2.75) is 52.0 Å². The number of nitrogens with two attached hydrogens (primary N) is 1. The molecule has 1 atom stereocenters. The van der Waals surface area contributed by atoms with Crippen LogP contribution < -0.4 is 5.73 Å². The van der Waals surface area contributed by atoms with Crippen molar-refractivity contribution in [1.29, 1.82) is 0 Å². The lowest BCUT2D eigenvalue weighted by Crippen LogP contribution is -2.43. The first-order chi connectivity index (χ1) is 6.08. The van der Waals surface area contributed by atoms with Crippen LogP contribution in [-0.2, 0) is 0 Å². The van der Waals surface area contributed by atoms with Crippen LogP contribution in [0, 0.1) is 11.3 Å². The Morgan fingerprint density at radius 2 is 1.85 bits per heavy atom. The van der Waals surface area contributed by atoms with E-state index in [0.717, 1.165) is 5.92 Å². The van der Waals surface area contributed by atoms with Gasteiger partial charge >= 0.3 is 0 Å². The Morgan fingerprint density at radius 1 is 1.31 bits per heavy atom. The van der Waals surface area contributed by atoms with Crippen LogP contribution >= 0.6 is 0 Å². The Morgan fingerprint density at radius 3 is 2.31 bits per heavy atom. The molecule has 0 aromatic carbocycles. The zero-order valence-corrected chi connectivity index (χ0v) is 9.05. The minimum atomic E-state index is 0.0992. The molecular weight excluding hydrogens is 158 g/mol. The number of hydrogen-bond acceptors (Lipinski definition) is 1. The van der Waals surface area contributed by atoms with E-state index in [1.54, 1.807) is 0 Å². The lowest BCUT2D eigenvalue weighted by atomic mass is 9.72. The minimum absolute atomic E-state index is 0.0992. The summed E-state index contributed by atoms with van der Waals surface area (Å²) in [6.07, 6.45) is 8.78. The summed E-state index contributed by atoms with van der Waals surface area (Å²) in [6, 6.07) is 0.297. The van der Waals surface area contributed by atoms with Gasteiger partial charge in [-0.05, 0) is 24.2 Å². The molecule has 0 aromatic rings. The average molecular weight is 181 g/mol. The Labute approximate surface area is 82.4 Å². The highest BCUT2D eigenvalue weighted by atomic mass is 14.7. The average Bonchev–Trinajstić information content (AvgIpc) is 2.18. The smallest absolute Gasteiger partial charge is 0.0153 e. The van der Waals surface area contributed by atoms with E-state index in [9.17, 15) is 0 Å². The molecule has 1 heteroatoms. The fourth-order valence-corrected chi connectivity index (χ4v) is 2.24. The Kier molecular flexibility index (Phi) is 3.55. The van der Waals surface area contributed by atoms with Crippen LogP contribution in [-0.4, -0.2) is 6.04 Å². The SMILES string of the molecule is C=CC(C)(C)[C@H](N)C1CCCCC1. The van der Waals surface area contributed by atoms with Crippen LogP contribution in [0.25, 0.3) is 0 Å². The molecule has 0 heterocycles. The van der Waals surface area contributed by atoms with Crippen molar-refractivity contribution in [3.63, 3.8) is 0 Å². The van der Waals surface area contributed by atoms with Gasteiger partial charge in [0.15, 0.2) is 0 Å². The van der Waals surface area contributed by atoms with Gasteiger partial charge in [-0.1, -0.05) is 39.2 Å². The summed E-state index contributed by atoms with van der Waals surface area (Å²) < 4.78 is 0. The highest BCUT2D eigenvalue weighted by Gasteiger charge is 2.30. The molecule has 0 saturated heterocycles. The van der Waals surface area contributed by atoms with Gasteiger partial charge in [-0.3, -0.25) is 0 Å². The molecule has 1 saturated carbocycles. The predicted octanol–water partition coefficient (Wildman–Crippen LogP) is 3.11. The number of rotatable bonds is 3. The molecule has 0 spiro atoms. The minimum Gasteiger partial charge on any atom is -0.327 e. The van der Waals surface area contributed by atoms with Gasteiger partial charge < -0.3 is 5.73 Å². The van der Waals surface area contributed by atoms with E-state index in [1.807, 2.05) is 6.08 Å². The van der Waals surface area contributed by atoms with E-state index in [0.29, 0.717) is 6.04 Å². The zero-order valence-electron chi connectivity index (χ0n) is 9.05. The van der Waals surface area contributed by atoms with Crippen LogP contribution in [0.1, 0.15) is 46.0 Å². The van der Waals surface area contributed by atoms with Gasteiger partial charge in [0.2, 0.25) is 0 Å². The normalized spacial score (nSPS) is 22.7. The summed E-state index contributed by atoms with van der Waals surface area (Å²) in [5.41, 5.74) is 6.36. The first-order valence-corrected chi connectivity index (χ1v) is 5.47. The first-order valence-electron chi connectivity index (χ1n) is 5.47. The molecule has 0 bridgehead atoms. The maximum absolute atomic E-state index is 6.27. The van der Waals surface area contributed by atoms with E-state index in [1.165, 1.54) is 32.1 Å². The van der Waals surface area contributed by atoms with E-state index in [2.05, 4.69) is 20.4 Å². The Hall–Kier alpha value is -0.300. The van der Waals surface area contributed by atoms with Crippen LogP contribution in [0.5, 0.6) is 0 Å². The molecule has 1 fully saturated rings. The van der Waals surface area contributed by atoms with Crippen LogP contribution in [0.3, 0.4) is 0 Å². The monoisotopic (exact) mass is 181 g/mol. The standard InChI is InChI=1S/C12H23N/c1-4-12(2,3)11(13)10-8-6-5-7-9-10/h4,10-11H,1,5-9,13H2,2-3H3/t11-/m1/s1. The molecule has 1 rings (SSSR count). The molecule has 0 aromatic heterocycles. The van der Waals surface area contributed by atoms with E-state index >= 15 is 0 Å². The second kappa shape index (κ2) is 4.28. The summed E-state index contributed by atoms with van der Waals surface area (Å²) in [4.78, 5) is 0. The molecule has 0 unspecified atom stereocenters. The second-order valence-electron chi connectivity index (χ2n) is 4.95. The maximum Gasteiger partial charge on any atom is 0.0153 e. The van der Waals surface area contributed by atoms with Crippen molar-refractivity contribution < 1.29 is 0 Å². The highest BCUT2D eigenvalue weighted by Crippen LogP contribution is 2.34. The van der Waals surface area contributed by atoms with Gasteiger partial charge in [0.25, 0.3) is 0 Å². The third kappa shape index (κ3) is 2.57. The van der Waals surface area contributed by atoms with Gasteiger partial charge in [0.05, 0.1) is 0 Å². The third-order valence-electron chi connectivity index (χ3n) is 3.54. The largest absolute Gasteiger partial charge is 0.327 e. The molecule has 1 aliphatic rings. The summed E-state index contributed by atoms with van der Waals surface area (Å²) in [6.45, 7) is 8.26. The van der Waals surface area contributed by atoms with Crippen molar-refractivity contribution in [3.05, 3.63) is 12.7 Å². The number of hydrogen-bond donors (Lipinski definition) is 1. The van der Waals surface area contributed by atoms with Gasteiger partial charge in [-0.2, -0.15) is 0 Å². The third-order valence-corrected chi connectivity index (χ3v) is 3.54. The molecule has 13 heavy (non-hydrogen) atoms. The van der Waals surface area contributed by atoms with E-state index in [-0.39, 0.29) is 5.41 Å². The van der Waals surface area contributed by atoms with Crippen molar-refractivity contribution in [2.24, 2.45) is 17.1 Å². The summed E-state index contributed by atoms with van der Waals surface area (Å²) >= 11 is 0. The molecule has 76 valence electrons. The maximum atomic E-state index is 6.27. The van der Waals surface area contributed by atoms with Crippen LogP contribution in [0.2, 0.25) is 0 Å². The fraction of sp³-hybridized carbons (Fsp3) is 0.833. The van der Waals surface area contributed by atoms with Crippen molar-refractivity contribution >= 4 is 0 Å². The quantitative estimate of drug-likeness (QED) is 0.665. The first kappa shape index (κ1) is 10.8. The molecule has 0 aliphatic heterocycles. The van der Waals surface area contributed by atoms with Gasteiger partial charge in [0, 0.05) is 6.04 Å². The second-order valence-corrected chi connectivity index (χ2v) is 4.95. The molecular formula is C12H23N. The van der Waals surface area contributed by atoms with Gasteiger partial charge in [0.1, 0.15) is 0 Å². The van der Waals surface area contributed by atoms with Gasteiger partial charge in [-0.25, -0.2) is 0 Å². The van der Waals surface area contributed by atoms with Crippen LogP contribution in [0.15, 0.2) is 12.7 Å². The fourth-order valence-electron chi connectivity index (χ4n) is 2.24. The molecule has 1 nitrogen and oxygen atoms in total. The van der Waals surface area contributed by atoms with E-state index < -0.39 is 0 Å². The molecule has 2 N–H and O–H groups in total. The molecule has 1 aliphatic carbocycles. The summed E-state index contributed by atoms with van der Waals surface area (Å²) in [7, 11) is 0. The highest BCUT2D eigenvalue weighted by molar-refractivity contribution is 4.98. The molecule has 0 amide bonds. The lowest BCUT2D eigenvalue weighted by Gasteiger charge is -2.36. The van der Waals surface area contributed by atoms with Crippen molar-refractivity contribution in [2.75, 3.05) is 0 Å².